The zero-order valence-electron chi connectivity index (χ0n) is 5.44. The van der Waals surface area contributed by atoms with E-state index in [2.05, 4.69) is 28.5 Å². The van der Waals surface area contributed by atoms with Crippen molar-refractivity contribution >= 4 is 22.6 Å². The van der Waals surface area contributed by atoms with Crippen LogP contribution in [0.25, 0.3) is 0 Å². The van der Waals surface area contributed by atoms with Crippen LogP contribution in [0, 0.1) is 18.3 Å². The Morgan fingerprint density at radius 3 is 2.78 bits per heavy atom. The number of terminal acetylenes is 1. The molecular weight excluding hydrogens is 223 g/mol. The lowest BCUT2D eigenvalue weighted by Gasteiger charge is -1.90. The van der Waals surface area contributed by atoms with E-state index in [1.807, 2.05) is 0 Å². The van der Waals surface area contributed by atoms with Crippen molar-refractivity contribution < 1.29 is 0 Å². The second kappa shape index (κ2) is 3.46. The fourth-order valence-corrected chi connectivity index (χ4v) is 1.99. The molecule has 2 atom stereocenters. The van der Waals surface area contributed by atoms with Crippen LogP contribution in [0.2, 0.25) is 0 Å². The highest BCUT2D eigenvalue weighted by Gasteiger charge is 2.33. The summed E-state index contributed by atoms with van der Waals surface area (Å²) < 4.78 is 0.973. The minimum atomic E-state index is 0.972. The van der Waals surface area contributed by atoms with Crippen LogP contribution >= 0.6 is 22.6 Å². The highest BCUT2D eigenvalue weighted by atomic mass is 127. The maximum absolute atomic E-state index is 5.12. The second-order valence-electron chi connectivity index (χ2n) is 2.61. The number of alkyl halides is 1. The van der Waals surface area contributed by atoms with E-state index in [1.165, 1.54) is 19.3 Å². The molecule has 0 amide bonds. The zero-order valence-corrected chi connectivity index (χ0v) is 7.60. The molecule has 1 fully saturated rings. The third kappa shape index (κ3) is 2.57. The summed E-state index contributed by atoms with van der Waals surface area (Å²) >= 11 is 2.52. The van der Waals surface area contributed by atoms with E-state index < -0.39 is 0 Å². The van der Waals surface area contributed by atoms with Gasteiger partial charge in [0.1, 0.15) is 0 Å². The average molecular weight is 234 g/mol. The molecule has 0 saturated heterocycles. The standard InChI is InChI=1S/C8H11I/c1-2-3-4-5-7-6-8(7)9/h1,7-8H,3-6H2/t7-,8-/m1/s1. The lowest BCUT2D eigenvalue weighted by molar-refractivity contribution is 0.686. The van der Waals surface area contributed by atoms with Gasteiger partial charge in [0.2, 0.25) is 0 Å². The molecule has 0 aromatic rings. The Hall–Kier alpha value is 0.290. The number of halogens is 1. The van der Waals surface area contributed by atoms with Gasteiger partial charge in [-0.2, -0.15) is 0 Å². The Morgan fingerprint density at radius 2 is 2.33 bits per heavy atom. The molecule has 0 nitrogen and oxygen atoms in total. The van der Waals surface area contributed by atoms with Crippen molar-refractivity contribution in [1.29, 1.82) is 0 Å². The number of rotatable bonds is 3. The predicted molar refractivity (Wildman–Crippen MR) is 48.6 cm³/mol. The lowest BCUT2D eigenvalue weighted by Crippen LogP contribution is -1.79. The highest BCUT2D eigenvalue weighted by Crippen LogP contribution is 2.41. The topological polar surface area (TPSA) is 0 Å². The summed E-state index contributed by atoms with van der Waals surface area (Å²) in [5.41, 5.74) is 0. The van der Waals surface area contributed by atoms with Gasteiger partial charge < -0.3 is 0 Å². The van der Waals surface area contributed by atoms with Gasteiger partial charge in [0.05, 0.1) is 0 Å². The molecule has 0 unspecified atom stereocenters. The van der Waals surface area contributed by atoms with Gasteiger partial charge in [0.15, 0.2) is 0 Å². The molecule has 1 aliphatic rings. The maximum atomic E-state index is 5.12. The molecule has 50 valence electrons. The van der Waals surface area contributed by atoms with Gasteiger partial charge in [0.25, 0.3) is 0 Å². The minimum absolute atomic E-state index is 0.972. The smallest absolute Gasteiger partial charge is 0.0141 e. The molecule has 0 spiro atoms. The van der Waals surface area contributed by atoms with Gasteiger partial charge in [-0.25, -0.2) is 0 Å². The maximum Gasteiger partial charge on any atom is 0.0141 e. The van der Waals surface area contributed by atoms with E-state index in [4.69, 9.17) is 6.42 Å². The second-order valence-corrected chi connectivity index (χ2v) is 4.21. The summed E-state index contributed by atoms with van der Waals surface area (Å²) in [4.78, 5) is 0. The fraction of sp³-hybridized carbons (Fsp3) is 0.750. The summed E-state index contributed by atoms with van der Waals surface area (Å²) in [6.45, 7) is 0. The summed E-state index contributed by atoms with van der Waals surface area (Å²) in [5.74, 6) is 3.68. The largest absolute Gasteiger partial charge is 0.120 e. The van der Waals surface area contributed by atoms with Crippen LogP contribution in [0.3, 0.4) is 0 Å². The van der Waals surface area contributed by atoms with E-state index in [1.54, 1.807) is 0 Å². The Bertz CT molecular complexity index is 123. The molecule has 9 heavy (non-hydrogen) atoms. The normalized spacial score (nSPS) is 31.6. The molecule has 1 heteroatoms. The van der Waals surface area contributed by atoms with Crippen molar-refractivity contribution in [2.45, 2.75) is 29.6 Å². The van der Waals surface area contributed by atoms with Crippen LogP contribution < -0.4 is 0 Å². The molecule has 0 N–H and O–H groups in total. The predicted octanol–water partition coefficient (Wildman–Crippen LogP) is 2.61. The Morgan fingerprint density at radius 1 is 1.67 bits per heavy atom. The molecule has 0 aromatic heterocycles. The average Bonchev–Trinajstić information content (AvgIpc) is 2.48. The van der Waals surface area contributed by atoms with E-state index in [9.17, 15) is 0 Å². The van der Waals surface area contributed by atoms with Crippen LogP contribution in [-0.4, -0.2) is 3.92 Å². The Balaban J connectivity index is 1.90. The van der Waals surface area contributed by atoms with Crippen LogP contribution in [0.4, 0.5) is 0 Å². The van der Waals surface area contributed by atoms with Crippen molar-refractivity contribution in [1.82, 2.24) is 0 Å². The monoisotopic (exact) mass is 234 g/mol. The fourth-order valence-electron chi connectivity index (χ4n) is 0.976. The quantitative estimate of drug-likeness (QED) is 0.305. The van der Waals surface area contributed by atoms with Crippen molar-refractivity contribution in [3.63, 3.8) is 0 Å². The molecule has 0 aliphatic heterocycles. The van der Waals surface area contributed by atoms with Crippen LogP contribution in [0.5, 0.6) is 0 Å². The molecular formula is C8H11I. The molecule has 1 rings (SSSR count). The van der Waals surface area contributed by atoms with Crippen LogP contribution in [-0.2, 0) is 0 Å². The Labute approximate surface area is 70.5 Å². The first-order chi connectivity index (χ1) is 4.34. The van der Waals surface area contributed by atoms with Gasteiger partial charge in [-0.05, 0) is 25.2 Å². The summed E-state index contributed by atoms with van der Waals surface area (Å²) in [7, 11) is 0. The van der Waals surface area contributed by atoms with E-state index in [0.29, 0.717) is 0 Å². The number of unbranched alkanes of at least 4 members (excludes halogenated alkanes) is 1. The lowest BCUT2D eigenvalue weighted by atomic mass is 10.2. The van der Waals surface area contributed by atoms with Crippen molar-refractivity contribution in [3.8, 4) is 12.3 Å². The summed E-state index contributed by atoms with van der Waals surface area (Å²) in [5, 5.41) is 0. The first kappa shape index (κ1) is 7.40. The third-order valence-corrected chi connectivity index (χ3v) is 3.26. The molecule has 0 bridgehead atoms. The van der Waals surface area contributed by atoms with Gasteiger partial charge in [-0.15, -0.1) is 12.3 Å². The Kier molecular flexibility index (Phi) is 2.84. The first-order valence-electron chi connectivity index (χ1n) is 3.42. The van der Waals surface area contributed by atoms with Crippen LogP contribution in [0.15, 0.2) is 0 Å². The van der Waals surface area contributed by atoms with Crippen molar-refractivity contribution in [2.75, 3.05) is 0 Å². The SMILES string of the molecule is C#CCCC[C@@H]1C[C@H]1I. The summed E-state index contributed by atoms with van der Waals surface area (Å²) in [6.07, 6.45) is 10.1. The van der Waals surface area contributed by atoms with Gasteiger partial charge in [-0.3, -0.25) is 0 Å². The third-order valence-electron chi connectivity index (χ3n) is 1.73. The molecule has 0 aromatic carbocycles. The van der Waals surface area contributed by atoms with Crippen LogP contribution in [0.1, 0.15) is 25.7 Å². The zero-order chi connectivity index (χ0) is 6.69. The van der Waals surface area contributed by atoms with Crippen molar-refractivity contribution in [2.24, 2.45) is 5.92 Å². The van der Waals surface area contributed by atoms with E-state index in [0.717, 1.165) is 16.3 Å². The number of hydrogen-bond donors (Lipinski definition) is 0. The first-order valence-corrected chi connectivity index (χ1v) is 4.66. The van der Waals surface area contributed by atoms with Gasteiger partial charge >= 0.3 is 0 Å². The van der Waals surface area contributed by atoms with E-state index >= 15 is 0 Å². The molecule has 0 heterocycles. The summed E-state index contributed by atoms with van der Waals surface area (Å²) in [6, 6.07) is 0. The van der Waals surface area contributed by atoms with Gasteiger partial charge in [0, 0.05) is 10.3 Å². The van der Waals surface area contributed by atoms with Crippen molar-refractivity contribution in [3.05, 3.63) is 0 Å². The molecule has 0 radical (unpaired) electrons. The molecule has 1 aliphatic carbocycles. The highest BCUT2D eigenvalue weighted by molar-refractivity contribution is 14.1. The minimum Gasteiger partial charge on any atom is -0.120 e. The molecule has 1 saturated carbocycles. The van der Waals surface area contributed by atoms with Gasteiger partial charge in [-0.1, -0.05) is 22.6 Å². The number of hydrogen-bond acceptors (Lipinski definition) is 0. The van der Waals surface area contributed by atoms with E-state index in [-0.39, 0.29) is 0 Å².